The second kappa shape index (κ2) is 6.49. The maximum absolute atomic E-state index is 2.51. The summed E-state index contributed by atoms with van der Waals surface area (Å²) in [5, 5.41) is 0. The van der Waals surface area contributed by atoms with Crippen LogP contribution in [0.15, 0.2) is 60.7 Å². The molecular formula is C21H26N2. The lowest BCUT2D eigenvalue weighted by Gasteiger charge is -2.29. The molecule has 0 unspecified atom stereocenters. The SMILES string of the molecule is CC(C)N1CN(C(C)C)C(c2ccccc2)=C1c1ccccc1. The molecule has 0 amide bonds. The van der Waals surface area contributed by atoms with E-state index < -0.39 is 0 Å². The normalized spacial score (nSPS) is 15.2. The van der Waals surface area contributed by atoms with Gasteiger partial charge in [-0.05, 0) is 27.7 Å². The van der Waals surface area contributed by atoms with Gasteiger partial charge in [0.2, 0.25) is 0 Å². The summed E-state index contributed by atoms with van der Waals surface area (Å²) in [6.45, 7) is 10.0. The summed E-state index contributed by atoms with van der Waals surface area (Å²) in [4.78, 5) is 5.02. The highest BCUT2D eigenvalue weighted by molar-refractivity contribution is 5.91. The average molecular weight is 306 g/mol. The predicted octanol–water partition coefficient (Wildman–Crippen LogP) is 4.90. The third-order valence-electron chi connectivity index (χ3n) is 4.44. The summed E-state index contributed by atoms with van der Waals surface area (Å²) in [5.41, 5.74) is 5.28. The zero-order valence-electron chi connectivity index (χ0n) is 14.5. The Bertz CT molecular complexity index is 612. The standard InChI is InChI=1S/C21H26N2/c1-16(2)22-15-23(17(3)4)21(19-13-9-6-10-14-19)20(22)18-11-7-5-8-12-18/h5-14,16-17H,15H2,1-4H3. The molecule has 2 heteroatoms. The van der Waals surface area contributed by atoms with Crippen molar-refractivity contribution < 1.29 is 0 Å². The molecule has 2 nitrogen and oxygen atoms in total. The van der Waals surface area contributed by atoms with Crippen molar-refractivity contribution in [2.45, 2.75) is 39.8 Å². The number of hydrogen-bond donors (Lipinski definition) is 0. The number of hydrogen-bond acceptors (Lipinski definition) is 2. The van der Waals surface area contributed by atoms with E-state index in [1.54, 1.807) is 0 Å². The van der Waals surface area contributed by atoms with Crippen molar-refractivity contribution >= 4 is 11.4 Å². The molecule has 0 saturated heterocycles. The average Bonchev–Trinajstić information content (AvgIpc) is 2.97. The predicted molar refractivity (Wildman–Crippen MR) is 98.5 cm³/mol. The molecule has 0 aliphatic carbocycles. The Morgan fingerprint density at radius 3 is 1.26 bits per heavy atom. The number of rotatable bonds is 4. The molecule has 1 aliphatic rings. The van der Waals surface area contributed by atoms with Gasteiger partial charge in [-0.2, -0.15) is 0 Å². The highest BCUT2D eigenvalue weighted by atomic mass is 15.4. The lowest BCUT2D eigenvalue weighted by molar-refractivity contribution is 0.217. The van der Waals surface area contributed by atoms with Crippen molar-refractivity contribution in [2.75, 3.05) is 6.67 Å². The van der Waals surface area contributed by atoms with Crippen molar-refractivity contribution in [1.29, 1.82) is 0 Å². The van der Waals surface area contributed by atoms with E-state index in [9.17, 15) is 0 Å². The van der Waals surface area contributed by atoms with Gasteiger partial charge in [0.05, 0.1) is 18.1 Å². The van der Waals surface area contributed by atoms with Crippen LogP contribution in [0.2, 0.25) is 0 Å². The molecule has 2 aromatic carbocycles. The van der Waals surface area contributed by atoms with E-state index in [-0.39, 0.29) is 0 Å². The summed E-state index contributed by atoms with van der Waals surface area (Å²) < 4.78 is 0. The lowest BCUT2D eigenvalue weighted by Crippen LogP contribution is -2.35. The summed E-state index contributed by atoms with van der Waals surface area (Å²) in [7, 11) is 0. The molecule has 3 rings (SSSR count). The van der Waals surface area contributed by atoms with Crippen LogP contribution in [0.4, 0.5) is 0 Å². The molecule has 0 fully saturated rings. The molecule has 1 heterocycles. The van der Waals surface area contributed by atoms with Crippen LogP contribution in [0.25, 0.3) is 11.4 Å². The van der Waals surface area contributed by atoms with Crippen LogP contribution in [-0.4, -0.2) is 28.6 Å². The second-order valence-corrected chi connectivity index (χ2v) is 6.70. The monoisotopic (exact) mass is 306 g/mol. The molecule has 0 spiro atoms. The minimum atomic E-state index is 0.465. The fraction of sp³-hybridized carbons (Fsp3) is 0.333. The maximum atomic E-state index is 2.51. The Hall–Kier alpha value is -2.22. The van der Waals surface area contributed by atoms with Crippen LogP contribution in [0.3, 0.4) is 0 Å². The third kappa shape index (κ3) is 2.98. The summed E-state index contributed by atoms with van der Waals surface area (Å²) in [5.74, 6) is 0. The van der Waals surface area contributed by atoms with Crippen molar-refractivity contribution in [3.8, 4) is 0 Å². The molecule has 120 valence electrons. The highest BCUT2D eigenvalue weighted by Crippen LogP contribution is 2.39. The quantitative estimate of drug-likeness (QED) is 0.792. The largest absolute Gasteiger partial charge is 0.349 e. The first-order chi connectivity index (χ1) is 11.1. The summed E-state index contributed by atoms with van der Waals surface area (Å²) >= 11 is 0. The summed E-state index contributed by atoms with van der Waals surface area (Å²) in [6, 6.07) is 22.5. The fourth-order valence-corrected chi connectivity index (χ4v) is 3.22. The molecule has 0 bridgehead atoms. The highest BCUT2D eigenvalue weighted by Gasteiger charge is 2.33. The lowest BCUT2D eigenvalue weighted by atomic mass is 10.0. The van der Waals surface area contributed by atoms with Crippen LogP contribution in [0, 0.1) is 0 Å². The van der Waals surface area contributed by atoms with E-state index in [4.69, 9.17) is 0 Å². The van der Waals surface area contributed by atoms with Crippen molar-refractivity contribution in [2.24, 2.45) is 0 Å². The van der Waals surface area contributed by atoms with Crippen LogP contribution in [-0.2, 0) is 0 Å². The van der Waals surface area contributed by atoms with Gasteiger partial charge in [0, 0.05) is 23.2 Å². The maximum Gasteiger partial charge on any atom is 0.0909 e. The Morgan fingerprint density at radius 1 is 0.609 bits per heavy atom. The van der Waals surface area contributed by atoms with E-state index in [0.29, 0.717) is 12.1 Å². The van der Waals surface area contributed by atoms with Crippen LogP contribution in [0.5, 0.6) is 0 Å². The van der Waals surface area contributed by atoms with Gasteiger partial charge in [0.15, 0.2) is 0 Å². The van der Waals surface area contributed by atoms with Crippen molar-refractivity contribution in [1.82, 2.24) is 9.80 Å². The van der Waals surface area contributed by atoms with Gasteiger partial charge in [-0.15, -0.1) is 0 Å². The molecule has 23 heavy (non-hydrogen) atoms. The summed E-state index contributed by atoms with van der Waals surface area (Å²) in [6.07, 6.45) is 0. The Kier molecular flexibility index (Phi) is 4.42. The molecule has 0 saturated carbocycles. The van der Waals surface area contributed by atoms with E-state index in [1.165, 1.54) is 22.5 Å². The van der Waals surface area contributed by atoms with Crippen molar-refractivity contribution in [3.05, 3.63) is 71.8 Å². The van der Waals surface area contributed by atoms with Crippen molar-refractivity contribution in [3.63, 3.8) is 0 Å². The molecule has 0 N–H and O–H groups in total. The van der Waals surface area contributed by atoms with Gasteiger partial charge >= 0.3 is 0 Å². The Balaban J connectivity index is 2.23. The number of benzene rings is 2. The van der Waals surface area contributed by atoms with Gasteiger partial charge in [-0.1, -0.05) is 60.7 Å². The van der Waals surface area contributed by atoms with Gasteiger partial charge in [0.1, 0.15) is 0 Å². The van der Waals surface area contributed by atoms with Crippen LogP contribution < -0.4 is 0 Å². The van der Waals surface area contributed by atoms with E-state index >= 15 is 0 Å². The zero-order valence-corrected chi connectivity index (χ0v) is 14.5. The topological polar surface area (TPSA) is 6.48 Å². The minimum Gasteiger partial charge on any atom is -0.349 e. The molecule has 0 atom stereocenters. The fourth-order valence-electron chi connectivity index (χ4n) is 3.22. The van der Waals surface area contributed by atoms with Gasteiger partial charge < -0.3 is 9.80 Å². The van der Waals surface area contributed by atoms with E-state index in [0.717, 1.165) is 6.67 Å². The first kappa shape index (κ1) is 15.7. The van der Waals surface area contributed by atoms with Gasteiger partial charge in [0.25, 0.3) is 0 Å². The Morgan fingerprint density at radius 2 is 0.957 bits per heavy atom. The first-order valence-corrected chi connectivity index (χ1v) is 8.48. The minimum absolute atomic E-state index is 0.465. The molecule has 2 aromatic rings. The molecular weight excluding hydrogens is 280 g/mol. The molecule has 1 aliphatic heterocycles. The first-order valence-electron chi connectivity index (χ1n) is 8.48. The van der Waals surface area contributed by atoms with E-state index in [2.05, 4.69) is 98.2 Å². The van der Waals surface area contributed by atoms with Gasteiger partial charge in [-0.3, -0.25) is 0 Å². The van der Waals surface area contributed by atoms with E-state index in [1.807, 2.05) is 0 Å². The van der Waals surface area contributed by atoms with Crippen LogP contribution in [0.1, 0.15) is 38.8 Å². The van der Waals surface area contributed by atoms with Crippen LogP contribution >= 0.6 is 0 Å². The number of nitrogens with zero attached hydrogens (tertiary/aromatic N) is 2. The molecule has 0 aromatic heterocycles. The zero-order chi connectivity index (χ0) is 16.4. The van der Waals surface area contributed by atoms with Gasteiger partial charge in [-0.25, -0.2) is 0 Å². The smallest absolute Gasteiger partial charge is 0.0909 e. The molecule has 0 radical (unpaired) electrons. The second-order valence-electron chi connectivity index (χ2n) is 6.70. The third-order valence-corrected chi connectivity index (χ3v) is 4.44. The Labute approximate surface area is 140 Å².